The van der Waals surface area contributed by atoms with E-state index in [4.69, 9.17) is 11.6 Å². The largest absolute Gasteiger partial charge is 0.481 e. The number of nitrogens with zero attached hydrogens (tertiary/aromatic N) is 1. The van der Waals surface area contributed by atoms with Gasteiger partial charge in [0, 0.05) is 23.6 Å². The van der Waals surface area contributed by atoms with E-state index < -0.39 is 5.97 Å². The molecule has 1 aromatic heterocycles. The summed E-state index contributed by atoms with van der Waals surface area (Å²) >= 11 is 6.11. The average Bonchev–Trinajstić information content (AvgIpc) is 3.39. The summed E-state index contributed by atoms with van der Waals surface area (Å²) in [5.74, 6) is -0.858. The second-order valence-electron chi connectivity index (χ2n) is 9.75. The summed E-state index contributed by atoms with van der Waals surface area (Å²) < 4.78 is 0. The topological polar surface area (TPSA) is 79.3 Å². The number of benzene rings is 2. The van der Waals surface area contributed by atoms with E-state index in [1.165, 1.54) is 0 Å². The van der Waals surface area contributed by atoms with Crippen molar-refractivity contribution in [1.29, 1.82) is 0 Å². The van der Waals surface area contributed by atoms with Crippen molar-refractivity contribution < 1.29 is 14.7 Å². The van der Waals surface area contributed by atoms with Crippen molar-refractivity contribution in [3.63, 3.8) is 0 Å². The fraction of sp³-hybridized carbons (Fsp3) is 0.367. The third-order valence-electron chi connectivity index (χ3n) is 7.45. The lowest BCUT2D eigenvalue weighted by Crippen LogP contribution is -2.27. The van der Waals surface area contributed by atoms with Gasteiger partial charge in [0.2, 0.25) is 5.91 Å². The van der Waals surface area contributed by atoms with Crippen LogP contribution in [-0.2, 0) is 9.59 Å². The molecule has 3 aromatic rings. The Morgan fingerprint density at radius 1 is 1.08 bits per heavy atom. The van der Waals surface area contributed by atoms with E-state index in [9.17, 15) is 14.7 Å². The van der Waals surface area contributed by atoms with Crippen LogP contribution in [0.4, 0.5) is 5.69 Å². The van der Waals surface area contributed by atoms with Crippen molar-refractivity contribution in [3.05, 3.63) is 82.6 Å². The molecule has 6 heteroatoms. The monoisotopic (exact) mass is 504 g/mol. The first-order valence-electron chi connectivity index (χ1n) is 12.7. The molecule has 4 rings (SSSR count). The Labute approximate surface area is 217 Å². The van der Waals surface area contributed by atoms with E-state index in [0.717, 1.165) is 65.6 Å². The van der Waals surface area contributed by atoms with Crippen molar-refractivity contribution in [1.82, 2.24) is 4.98 Å². The van der Waals surface area contributed by atoms with Crippen LogP contribution in [0, 0.1) is 12.8 Å². The van der Waals surface area contributed by atoms with Crippen molar-refractivity contribution in [2.75, 3.05) is 5.32 Å². The summed E-state index contributed by atoms with van der Waals surface area (Å²) in [6.07, 6.45) is 8.55. The number of anilines is 1. The van der Waals surface area contributed by atoms with Crippen LogP contribution in [-0.4, -0.2) is 22.0 Å². The summed E-state index contributed by atoms with van der Waals surface area (Å²) in [6.45, 7) is 3.96. The van der Waals surface area contributed by atoms with Crippen LogP contribution in [0.15, 0.2) is 60.9 Å². The van der Waals surface area contributed by atoms with Gasteiger partial charge in [-0.05, 0) is 72.4 Å². The van der Waals surface area contributed by atoms with Crippen LogP contribution >= 0.6 is 11.6 Å². The minimum Gasteiger partial charge on any atom is -0.481 e. The number of hydrogen-bond acceptors (Lipinski definition) is 3. The third kappa shape index (κ3) is 5.96. The van der Waals surface area contributed by atoms with Crippen LogP contribution in [0.5, 0.6) is 0 Å². The number of carbonyl (C=O) groups excluding carboxylic acids is 1. The number of rotatable bonds is 9. The van der Waals surface area contributed by atoms with Crippen LogP contribution < -0.4 is 5.32 Å². The lowest BCUT2D eigenvalue weighted by molar-refractivity contribution is -0.137. The quantitative estimate of drug-likeness (QED) is 0.314. The maximum Gasteiger partial charge on any atom is 0.303 e. The number of carboxylic acids is 1. The molecule has 1 aliphatic carbocycles. The Hall–Kier alpha value is -3.18. The van der Waals surface area contributed by atoms with E-state index in [0.29, 0.717) is 10.9 Å². The number of amides is 1. The molecule has 0 spiro atoms. The number of nitrogens with one attached hydrogen (secondary N) is 1. The van der Waals surface area contributed by atoms with Gasteiger partial charge in [0.15, 0.2) is 0 Å². The molecule has 5 nitrogen and oxygen atoms in total. The molecule has 1 fully saturated rings. The van der Waals surface area contributed by atoms with E-state index in [1.54, 1.807) is 12.4 Å². The van der Waals surface area contributed by atoms with Crippen LogP contribution in [0.25, 0.3) is 11.1 Å². The van der Waals surface area contributed by atoms with Gasteiger partial charge in [0.25, 0.3) is 0 Å². The molecule has 0 unspecified atom stereocenters. The zero-order valence-electron chi connectivity index (χ0n) is 20.8. The lowest BCUT2D eigenvalue weighted by atomic mass is 9.83. The van der Waals surface area contributed by atoms with Crippen LogP contribution in [0.3, 0.4) is 0 Å². The molecule has 36 heavy (non-hydrogen) atoms. The molecule has 2 aromatic carbocycles. The Morgan fingerprint density at radius 3 is 2.44 bits per heavy atom. The highest BCUT2D eigenvalue weighted by Gasteiger charge is 2.32. The molecule has 1 heterocycles. The smallest absolute Gasteiger partial charge is 0.303 e. The van der Waals surface area contributed by atoms with Gasteiger partial charge in [-0.25, -0.2) is 0 Å². The highest BCUT2D eigenvalue weighted by Crippen LogP contribution is 2.39. The molecule has 1 saturated carbocycles. The van der Waals surface area contributed by atoms with Crippen molar-refractivity contribution in [2.24, 2.45) is 5.92 Å². The molecule has 1 aliphatic rings. The van der Waals surface area contributed by atoms with Crippen LogP contribution in [0.2, 0.25) is 5.02 Å². The van der Waals surface area contributed by atoms with Gasteiger partial charge in [-0.1, -0.05) is 67.8 Å². The van der Waals surface area contributed by atoms with Gasteiger partial charge in [0.05, 0.1) is 17.4 Å². The first kappa shape index (κ1) is 25.9. The second kappa shape index (κ2) is 11.7. The number of carboxylic acid groups (broad SMARTS) is 1. The molecule has 1 amide bonds. The number of halogens is 1. The maximum absolute atomic E-state index is 13.7. The molecule has 0 aliphatic heterocycles. The summed E-state index contributed by atoms with van der Waals surface area (Å²) in [4.78, 5) is 29.3. The normalized spacial score (nSPS) is 15.4. The van der Waals surface area contributed by atoms with Gasteiger partial charge in [-0.15, -0.1) is 0 Å². The molecule has 0 saturated heterocycles. The Morgan fingerprint density at radius 2 is 1.81 bits per heavy atom. The standard InChI is InChI=1S/C30H33ClN2O3/c1-3-20(16-28(34)35)26-9-6-10-27(19(26)2)33-30(36)29(22-7-4-5-8-22)23-13-11-21(12-14-23)24-15-25(31)18-32-17-24/h6,9-15,17-18,20,22,29H,3-5,7-8,16H2,1-2H3,(H,33,36)(H,34,35)/t20-,29-/m0/s1. The SMILES string of the molecule is CC[C@@H](CC(=O)O)c1cccc(NC(=O)[C@H](c2ccc(-c3cncc(Cl)c3)cc2)C2CCCC2)c1C. The number of pyridine rings is 1. The minimum atomic E-state index is -0.811. The molecule has 2 N–H and O–H groups in total. The lowest BCUT2D eigenvalue weighted by Gasteiger charge is -2.25. The van der Waals surface area contributed by atoms with Crippen molar-refractivity contribution in [3.8, 4) is 11.1 Å². The number of aromatic nitrogens is 1. The van der Waals surface area contributed by atoms with Gasteiger partial charge in [0.1, 0.15) is 0 Å². The van der Waals surface area contributed by atoms with Crippen LogP contribution in [0.1, 0.15) is 74.0 Å². The molecule has 0 radical (unpaired) electrons. The maximum atomic E-state index is 13.7. The minimum absolute atomic E-state index is 0.00870. The number of carbonyl (C=O) groups is 2. The van der Waals surface area contributed by atoms with Gasteiger partial charge in [-0.3, -0.25) is 14.6 Å². The van der Waals surface area contributed by atoms with E-state index in [-0.39, 0.29) is 24.2 Å². The van der Waals surface area contributed by atoms with E-state index in [2.05, 4.69) is 10.3 Å². The predicted octanol–water partition coefficient (Wildman–Crippen LogP) is 7.59. The first-order valence-corrected chi connectivity index (χ1v) is 13.1. The summed E-state index contributed by atoms with van der Waals surface area (Å²) in [7, 11) is 0. The number of aliphatic carboxylic acids is 1. The fourth-order valence-corrected chi connectivity index (χ4v) is 5.68. The molecular weight excluding hydrogens is 472 g/mol. The Bertz CT molecular complexity index is 1220. The first-order chi connectivity index (χ1) is 17.4. The molecule has 188 valence electrons. The average molecular weight is 505 g/mol. The van der Waals surface area contributed by atoms with Crippen molar-refractivity contribution in [2.45, 2.75) is 64.2 Å². The van der Waals surface area contributed by atoms with E-state index >= 15 is 0 Å². The fourth-order valence-electron chi connectivity index (χ4n) is 5.51. The molecular formula is C30H33ClN2O3. The molecule has 0 bridgehead atoms. The summed E-state index contributed by atoms with van der Waals surface area (Å²) in [5, 5.41) is 13.1. The zero-order chi connectivity index (χ0) is 25.7. The summed E-state index contributed by atoms with van der Waals surface area (Å²) in [6, 6.07) is 15.8. The number of hydrogen-bond donors (Lipinski definition) is 2. The van der Waals surface area contributed by atoms with Gasteiger partial charge < -0.3 is 10.4 Å². The van der Waals surface area contributed by atoms with Gasteiger partial charge in [-0.2, -0.15) is 0 Å². The Kier molecular flexibility index (Phi) is 8.42. The predicted molar refractivity (Wildman–Crippen MR) is 144 cm³/mol. The van der Waals surface area contributed by atoms with E-state index in [1.807, 2.05) is 62.4 Å². The summed E-state index contributed by atoms with van der Waals surface area (Å²) in [5.41, 5.74) is 5.62. The zero-order valence-corrected chi connectivity index (χ0v) is 21.6. The highest BCUT2D eigenvalue weighted by atomic mass is 35.5. The van der Waals surface area contributed by atoms with Crippen molar-refractivity contribution >= 4 is 29.2 Å². The highest BCUT2D eigenvalue weighted by molar-refractivity contribution is 6.30. The van der Waals surface area contributed by atoms with Gasteiger partial charge >= 0.3 is 5.97 Å². The Balaban J connectivity index is 1.60. The molecule has 2 atom stereocenters. The third-order valence-corrected chi connectivity index (χ3v) is 7.66. The second-order valence-corrected chi connectivity index (χ2v) is 10.2.